The van der Waals surface area contributed by atoms with Gasteiger partial charge in [-0.15, -0.1) is 23.4 Å². The lowest BCUT2D eigenvalue weighted by atomic mass is 10.4. The van der Waals surface area contributed by atoms with Gasteiger partial charge >= 0.3 is 0 Å². The topological polar surface area (TPSA) is 0 Å². The summed E-state index contributed by atoms with van der Waals surface area (Å²) in [6.45, 7) is 4.18. The van der Waals surface area contributed by atoms with Crippen LogP contribution in [0.25, 0.3) is 0 Å². The van der Waals surface area contributed by atoms with Gasteiger partial charge in [0.1, 0.15) is 0 Å². The van der Waals surface area contributed by atoms with E-state index in [0.29, 0.717) is 5.25 Å². The van der Waals surface area contributed by atoms with Crippen LogP contribution in [-0.4, -0.2) is 10.6 Å². The molecule has 0 spiro atoms. The molecule has 0 nitrogen and oxygen atoms in total. The molecular weight excluding hydrogens is 188 g/mol. The van der Waals surface area contributed by atoms with Crippen LogP contribution in [0.15, 0.2) is 35.2 Å². The molecule has 2 heteroatoms. The number of hydrogen-bond acceptors (Lipinski definition) is 1. The van der Waals surface area contributed by atoms with E-state index >= 15 is 0 Å². The van der Waals surface area contributed by atoms with E-state index < -0.39 is 0 Å². The SMILES string of the molecule is C[C@H](Cl)[C@@H](C)Sc1ccccc1. The third-order valence-corrected chi connectivity index (χ3v) is 3.56. The van der Waals surface area contributed by atoms with E-state index in [-0.39, 0.29) is 5.38 Å². The van der Waals surface area contributed by atoms with Gasteiger partial charge in [0.05, 0.1) is 0 Å². The maximum absolute atomic E-state index is 5.96. The van der Waals surface area contributed by atoms with E-state index in [1.54, 1.807) is 0 Å². The van der Waals surface area contributed by atoms with Crippen LogP contribution in [-0.2, 0) is 0 Å². The second kappa shape index (κ2) is 4.78. The lowest BCUT2D eigenvalue weighted by Gasteiger charge is -2.12. The number of thioether (sulfide) groups is 1. The Morgan fingerprint density at radius 1 is 1.17 bits per heavy atom. The number of alkyl halides is 1. The van der Waals surface area contributed by atoms with Crippen molar-refractivity contribution in [2.75, 3.05) is 0 Å². The average Bonchev–Trinajstić information content (AvgIpc) is 2.06. The van der Waals surface area contributed by atoms with Crippen LogP contribution in [0.2, 0.25) is 0 Å². The molecule has 0 N–H and O–H groups in total. The van der Waals surface area contributed by atoms with E-state index in [0.717, 1.165) is 0 Å². The monoisotopic (exact) mass is 200 g/mol. The van der Waals surface area contributed by atoms with Crippen LogP contribution in [0, 0.1) is 0 Å². The zero-order valence-electron chi connectivity index (χ0n) is 7.33. The fraction of sp³-hybridized carbons (Fsp3) is 0.400. The van der Waals surface area contributed by atoms with Crippen molar-refractivity contribution in [1.82, 2.24) is 0 Å². The lowest BCUT2D eigenvalue weighted by Crippen LogP contribution is -2.08. The minimum atomic E-state index is 0.218. The van der Waals surface area contributed by atoms with E-state index in [4.69, 9.17) is 11.6 Å². The van der Waals surface area contributed by atoms with Crippen molar-refractivity contribution in [2.45, 2.75) is 29.4 Å². The Labute approximate surface area is 83.3 Å². The predicted octanol–water partition coefficient (Wildman–Crippen LogP) is 3.79. The molecule has 0 amide bonds. The van der Waals surface area contributed by atoms with Crippen molar-refractivity contribution in [3.63, 3.8) is 0 Å². The first-order valence-corrected chi connectivity index (χ1v) is 5.37. The highest BCUT2D eigenvalue weighted by Gasteiger charge is 2.09. The van der Waals surface area contributed by atoms with Crippen LogP contribution >= 0.6 is 23.4 Å². The Morgan fingerprint density at radius 2 is 1.75 bits per heavy atom. The lowest BCUT2D eigenvalue weighted by molar-refractivity contribution is 0.915. The molecule has 0 bridgehead atoms. The van der Waals surface area contributed by atoms with Gasteiger partial charge in [-0.2, -0.15) is 0 Å². The van der Waals surface area contributed by atoms with Crippen LogP contribution in [0.5, 0.6) is 0 Å². The minimum absolute atomic E-state index is 0.218. The molecule has 0 unspecified atom stereocenters. The van der Waals surface area contributed by atoms with Gasteiger partial charge in [0.15, 0.2) is 0 Å². The first kappa shape index (κ1) is 9.94. The molecule has 0 aliphatic carbocycles. The molecule has 12 heavy (non-hydrogen) atoms. The number of hydrogen-bond donors (Lipinski definition) is 0. The van der Waals surface area contributed by atoms with Crippen LogP contribution < -0.4 is 0 Å². The first-order valence-electron chi connectivity index (χ1n) is 4.06. The summed E-state index contributed by atoms with van der Waals surface area (Å²) >= 11 is 7.78. The Bertz CT molecular complexity index is 221. The number of rotatable bonds is 3. The Kier molecular flexibility index (Phi) is 3.96. The Hall–Kier alpha value is -0.140. The highest BCUT2D eigenvalue weighted by molar-refractivity contribution is 8.00. The van der Waals surface area contributed by atoms with E-state index in [9.17, 15) is 0 Å². The fourth-order valence-electron chi connectivity index (χ4n) is 0.807. The summed E-state index contributed by atoms with van der Waals surface area (Å²) in [6, 6.07) is 10.3. The molecule has 66 valence electrons. The summed E-state index contributed by atoms with van der Waals surface area (Å²) < 4.78 is 0. The zero-order valence-corrected chi connectivity index (χ0v) is 8.90. The molecule has 0 aromatic heterocycles. The molecule has 0 fully saturated rings. The van der Waals surface area contributed by atoms with Gasteiger partial charge in [-0.25, -0.2) is 0 Å². The standard InChI is InChI=1S/C10H13ClS/c1-8(11)9(2)12-10-6-4-3-5-7-10/h3-9H,1-2H3/t8-,9+/m0/s1. The smallest absolute Gasteiger partial charge is 0.0427 e. The summed E-state index contributed by atoms with van der Waals surface area (Å²) in [5.41, 5.74) is 0. The molecule has 2 atom stereocenters. The van der Waals surface area contributed by atoms with Crippen molar-refractivity contribution >= 4 is 23.4 Å². The maximum Gasteiger partial charge on any atom is 0.0427 e. The van der Waals surface area contributed by atoms with Crippen LogP contribution in [0.1, 0.15) is 13.8 Å². The van der Waals surface area contributed by atoms with Gasteiger partial charge in [-0.05, 0) is 19.1 Å². The highest BCUT2D eigenvalue weighted by atomic mass is 35.5. The molecule has 0 aliphatic rings. The summed E-state index contributed by atoms with van der Waals surface area (Å²) in [5.74, 6) is 0. The molecule has 0 saturated carbocycles. The molecule has 0 radical (unpaired) electrons. The Balaban J connectivity index is 2.53. The van der Waals surface area contributed by atoms with Crippen molar-refractivity contribution in [1.29, 1.82) is 0 Å². The molecule has 1 aromatic rings. The first-order chi connectivity index (χ1) is 5.70. The minimum Gasteiger partial charge on any atom is -0.122 e. The second-order valence-electron chi connectivity index (χ2n) is 2.81. The van der Waals surface area contributed by atoms with E-state index in [1.807, 2.05) is 36.9 Å². The molecule has 1 aromatic carbocycles. The third-order valence-electron chi connectivity index (χ3n) is 1.71. The van der Waals surface area contributed by atoms with Gasteiger partial charge in [-0.1, -0.05) is 25.1 Å². The second-order valence-corrected chi connectivity index (χ2v) is 4.95. The molecule has 0 saturated heterocycles. The number of benzene rings is 1. The van der Waals surface area contributed by atoms with Crippen LogP contribution in [0.3, 0.4) is 0 Å². The van der Waals surface area contributed by atoms with Gasteiger partial charge in [0.25, 0.3) is 0 Å². The summed E-state index contributed by atoms with van der Waals surface area (Å²) in [5, 5.41) is 0.685. The van der Waals surface area contributed by atoms with Gasteiger partial charge < -0.3 is 0 Å². The van der Waals surface area contributed by atoms with Gasteiger partial charge in [-0.3, -0.25) is 0 Å². The van der Waals surface area contributed by atoms with E-state index in [1.165, 1.54) is 4.90 Å². The third kappa shape index (κ3) is 3.08. The molecule has 0 aliphatic heterocycles. The average molecular weight is 201 g/mol. The molecule has 0 heterocycles. The molecular formula is C10H13ClS. The summed E-state index contributed by atoms with van der Waals surface area (Å²) in [7, 11) is 0. The van der Waals surface area contributed by atoms with Crippen molar-refractivity contribution in [3.05, 3.63) is 30.3 Å². The maximum atomic E-state index is 5.96. The van der Waals surface area contributed by atoms with Crippen molar-refractivity contribution < 1.29 is 0 Å². The quantitative estimate of drug-likeness (QED) is 0.529. The summed E-state index contributed by atoms with van der Waals surface area (Å²) in [6.07, 6.45) is 0. The normalized spacial score (nSPS) is 15.6. The molecule has 1 rings (SSSR count). The van der Waals surface area contributed by atoms with Gasteiger partial charge in [0.2, 0.25) is 0 Å². The predicted molar refractivity (Wildman–Crippen MR) is 57.1 cm³/mol. The van der Waals surface area contributed by atoms with Crippen LogP contribution in [0.4, 0.5) is 0 Å². The van der Waals surface area contributed by atoms with E-state index in [2.05, 4.69) is 19.1 Å². The van der Waals surface area contributed by atoms with Gasteiger partial charge in [0, 0.05) is 15.5 Å². The van der Waals surface area contributed by atoms with Crippen molar-refractivity contribution in [2.24, 2.45) is 0 Å². The summed E-state index contributed by atoms with van der Waals surface area (Å²) in [4.78, 5) is 1.29. The largest absolute Gasteiger partial charge is 0.122 e. The highest BCUT2D eigenvalue weighted by Crippen LogP contribution is 2.26. The zero-order chi connectivity index (χ0) is 8.97. The Morgan fingerprint density at radius 3 is 2.25 bits per heavy atom. The number of halogens is 1. The van der Waals surface area contributed by atoms with Crippen molar-refractivity contribution in [3.8, 4) is 0 Å². The fourth-order valence-corrected chi connectivity index (χ4v) is 1.89.